The third-order valence-electron chi connectivity index (χ3n) is 2.19. The van der Waals surface area contributed by atoms with E-state index < -0.39 is 0 Å². The summed E-state index contributed by atoms with van der Waals surface area (Å²) >= 11 is 0. The van der Waals surface area contributed by atoms with E-state index in [0.717, 1.165) is 12.8 Å². The van der Waals surface area contributed by atoms with Crippen LogP contribution >= 0.6 is 0 Å². The van der Waals surface area contributed by atoms with Gasteiger partial charge in [-0.2, -0.15) is 0 Å². The number of ether oxygens (including phenoxy) is 1. The van der Waals surface area contributed by atoms with Crippen LogP contribution in [0.4, 0.5) is 0 Å². The number of hydrogen-bond acceptors (Lipinski definition) is 2. The van der Waals surface area contributed by atoms with Crippen LogP contribution in [0.3, 0.4) is 0 Å². The van der Waals surface area contributed by atoms with E-state index in [4.69, 9.17) is 11.2 Å². The molecule has 2 atom stereocenters. The molecule has 0 aliphatic carbocycles. The Morgan fingerprint density at radius 1 is 1.42 bits per heavy atom. The molecule has 0 aromatic rings. The van der Waals surface area contributed by atoms with E-state index in [0.29, 0.717) is 24.8 Å². The lowest BCUT2D eigenvalue weighted by Gasteiger charge is -2.32. The highest BCUT2D eigenvalue weighted by Gasteiger charge is 2.23. The van der Waals surface area contributed by atoms with Crippen molar-refractivity contribution in [3.05, 3.63) is 0 Å². The van der Waals surface area contributed by atoms with Crippen LogP contribution in [0.1, 0.15) is 26.7 Å². The van der Waals surface area contributed by atoms with Crippen LogP contribution in [0.2, 0.25) is 0 Å². The maximum absolute atomic E-state index is 5.60. The second-order valence-electron chi connectivity index (χ2n) is 3.51. The Kier molecular flexibility index (Phi) is 3.58. The normalized spacial score (nSPS) is 35.9. The maximum atomic E-state index is 5.60. The molecule has 0 amide bonds. The van der Waals surface area contributed by atoms with Gasteiger partial charge in [-0.1, -0.05) is 5.92 Å². The minimum atomic E-state index is 0.365. The number of terminal acetylenes is 1. The number of nitrogens with one attached hydrogen (secondary N) is 1. The molecular weight excluding hydrogens is 150 g/mol. The fraction of sp³-hybridized carbons (Fsp3) is 0.800. The molecule has 1 saturated heterocycles. The molecule has 2 heteroatoms. The molecule has 2 unspecified atom stereocenters. The molecule has 0 radical (unpaired) electrons. The third-order valence-corrected chi connectivity index (χ3v) is 2.19. The fourth-order valence-electron chi connectivity index (χ4n) is 1.78. The predicted octanol–water partition coefficient (Wildman–Crippen LogP) is 1.17. The third kappa shape index (κ3) is 2.84. The summed E-state index contributed by atoms with van der Waals surface area (Å²) in [6.45, 7) is 4.89. The van der Waals surface area contributed by atoms with Crippen molar-refractivity contribution in [2.45, 2.75) is 44.9 Å². The quantitative estimate of drug-likeness (QED) is 0.623. The molecule has 0 bridgehead atoms. The van der Waals surface area contributed by atoms with Gasteiger partial charge in [-0.3, -0.25) is 0 Å². The lowest BCUT2D eigenvalue weighted by atomic mass is 10.00. The largest absolute Gasteiger partial charge is 0.375 e. The minimum Gasteiger partial charge on any atom is -0.375 e. The summed E-state index contributed by atoms with van der Waals surface area (Å²) in [6, 6.07) is 0.541. The van der Waals surface area contributed by atoms with Crippen LogP contribution in [0.15, 0.2) is 0 Å². The number of hydrogen-bond donors (Lipinski definition) is 1. The van der Waals surface area contributed by atoms with Crippen LogP contribution in [-0.4, -0.2) is 24.8 Å². The molecule has 0 aromatic carbocycles. The predicted molar refractivity (Wildman–Crippen MR) is 49.9 cm³/mol. The highest BCUT2D eigenvalue weighted by molar-refractivity contribution is 4.89. The van der Waals surface area contributed by atoms with Gasteiger partial charge in [-0.05, 0) is 26.7 Å². The molecule has 0 saturated carbocycles. The molecule has 0 spiro atoms. The lowest BCUT2D eigenvalue weighted by molar-refractivity contribution is -0.0414. The molecule has 1 aliphatic heterocycles. The van der Waals surface area contributed by atoms with E-state index in [1.807, 2.05) is 0 Å². The standard InChI is InChI=1S/C10H17NO/c1-4-5-11-10-6-8(2)12-9(3)7-10/h1,8-11H,5-7H2,2-3H3. The number of rotatable bonds is 2. The van der Waals surface area contributed by atoms with Gasteiger partial charge < -0.3 is 10.1 Å². The van der Waals surface area contributed by atoms with Crippen molar-refractivity contribution in [3.8, 4) is 12.3 Å². The monoisotopic (exact) mass is 167 g/mol. The topological polar surface area (TPSA) is 21.3 Å². The van der Waals surface area contributed by atoms with E-state index in [1.165, 1.54) is 0 Å². The summed E-state index contributed by atoms with van der Waals surface area (Å²) in [5.74, 6) is 2.59. The van der Waals surface area contributed by atoms with E-state index in [-0.39, 0.29) is 0 Å². The van der Waals surface area contributed by atoms with Gasteiger partial charge in [0, 0.05) is 6.04 Å². The summed E-state index contributed by atoms with van der Waals surface area (Å²) in [6.07, 6.45) is 8.05. The second-order valence-corrected chi connectivity index (χ2v) is 3.51. The highest BCUT2D eigenvalue weighted by Crippen LogP contribution is 2.18. The highest BCUT2D eigenvalue weighted by atomic mass is 16.5. The van der Waals surface area contributed by atoms with Crippen molar-refractivity contribution >= 4 is 0 Å². The first-order valence-electron chi connectivity index (χ1n) is 4.54. The first-order valence-corrected chi connectivity index (χ1v) is 4.54. The van der Waals surface area contributed by atoms with Gasteiger partial charge >= 0.3 is 0 Å². The summed E-state index contributed by atoms with van der Waals surface area (Å²) in [5.41, 5.74) is 0. The van der Waals surface area contributed by atoms with Crippen molar-refractivity contribution < 1.29 is 4.74 Å². The molecule has 12 heavy (non-hydrogen) atoms. The minimum absolute atomic E-state index is 0.365. The average molecular weight is 167 g/mol. The van der Waals surface area contributed by atoms with Crippen LogP contribution in [-0.2, 0) is 4.74 Å². The van der Waals surface area contributed by atoms with Gasteiger partial charge in [0.1, 0.15) is 0 Å². The van der Waals surface area contributed by atoms with Gasteiger partial charge in [0.2, 0.25) is 0 Å². The first kappa shape index (κ1) is 9.57. The molecule has 68 valence electrons. The molecule has 1 N–H and O–H groups in total. The Bertz CT molecular complexity index is 163. The van der Waals surface area contributed by atoms with Crippen molar-refractivity contribution in [2.24, 2.45) is 0 Å². The van der Waals surface area contributed by atoms with E-state index in [1.54, 1.807) is 0 Å². The van der Waals surface area contributed by atoms with E-state index >= 15 is 0 Å². The van der Waals surface area contributed by atoms with Crippen molar-refractivity contribution in [2.75, 3.05) is 6.54 Å². The molecular formula is C10H17NO. The zero-order valence-electron chi connectivity index (χ0n) is 7.84. The SMILES string of the molecule is C#CCNC1CC(C)OC(C)C1. The zero-order valence-corrected chi connectivity index (χ0v) is 7.84. The molecule has 1 aliphatic rings. The summed E-state index contributed by atoms with van der Waals surface area (Å²) in [5, 5.41) is 3.32. The van der Waals surface area contributed by atoms with Gasteiger partial charge in [0.15, 0.2) is 0 Å². The van der Waals surface area contributed by atoms with Crippen molar-refractivity contribution in [1.82, 2.24) is 5.32 Å². The maximum Gasteiger partial charge on any atom is 0.0575 e. The summed E-state index contributed by atoms with van der Waals surface area (Å²) in [7, 11) is 0. The van der Waals surface area contributed by atoms with E-state index in [2.05, 4.69) is 25.1 Å². The Hall–Kier alpha value is -0.520. The Labute approximate surface area is 74.7 Å². The van der Waals surface area contributed by atoms with Crippen LogP contribution in [0.25, 0.3) is 0 Å². The van der Waals surface area contributed by atoms with Gasteiger partial charge in [0.05, 0.1) is 18.8 Å². The molecule has 2 nitrogen and oxygen atoms in total. The molecule has 0 aromatic heterocycles. The van der Waals surface area contributed by atoms with Crippen molar-refractivity contribution in [1.29, 1.82) is 0 Å². The second kappa shape index (κ2) is 4.49. The first-order chi connectivity index (χ1) is 5.72. The van der Waals surface area contributed by atoms with Crippen LogP contribution < -0.4 is 5.32 Å². The van der Waals surface area contributed by atoms with E-state index in [9.17, 15) is 0 Å². The average Bonchev–Trinajstić information content (AvgIpc) is 1.99. The van der Waals surface area contributed by atoms with Gasteiger partial charge in [-0.15, -0.1) is 6.42 Å². The van der Waals surface area contributed by atoms with Crippen molar-refractivity contribution in [3.63, 3.8) is 0 Å². The molecule has 1 heterocycles. The van der Waals surface area contributed by atoms with Gasteiger partial charge in [0.25, 0.3) is 0 Å². The molecule has 1 rings (SSSR count). The summed E-state index contributed by atoms with van der Waals surface area (Å²) in [4.78, 5) is 0. The zero-order chi connectivity index (χ0) is 8.97. The Balaban J connectivity index is 2.30. The Morgan fingerprint density at radius 2 is 2.00 bits per heavy atom. The summed E-state index contributed by atoms with van der Waals surface area (Å²) < 4.78 is 5.60. The van der Waals surface area contributed by atoms with Crippen LogP contribution in [0.5, 0.6) is 0 Å². The molecule has 1 fully saturated rings. The Morgan fingerprint density at radius 3 is 2.50 bits per heavy atom. The lowest BCUT2D eigenvalue weighted by Crippen LogP contribution is -2.41. The smallest absolute Gasteiger partial charge is 0.0575 e. The fourth-order valence-corrected chi connectivity index (χ4v) is 1.78. The van der Waals surface area contributed by atoms with Crippen LogP contribution in [0, 0.1) is 12.3 Å². The van der Waals surface area contributed by atoms with Gasteiger partial charge in [-0.25, -0.2) is 0 Å².